The van der Waals surface area contributed by atoms with Gasteiger partial charge in [0.25, 0.3) is 11.2 Å². The third kappa shape index (κ3) is 4.55. The molecule has 0 aliphatic rings. The number of aromatic nitrogens is 4. The van der Waals surface area contributed by atoms with E-state index in [1.54, 1.807) is 27.2 Å². The van der Waals surface area contributed by atoms with Crippen LogP contribution in [0, 0.1) is 10.1 Å². The fraction of sp³-hybridized carbons (Fsp3) is 0.238. The number of hydrogen-bond donors (Lipinski definition) is 1. The van der Waals surface area contributed by atoms with Gasteiger partial charge in [0.2, 0.25) is 11.7 Å². The monoisotopic (exact) mass is 486 g/mol. The quantitative estimate of drug-likeness (QED) is 0.225. The summed E-state index contributed by atoms with van der Waals surface area (Å²) in [5, 5.41) is 23.4. The number of carbonyl (C=O) groups excluding carboxylic acids is 1. The first-order chi connectivity index (χ1) is 15.9. The van der Waals surface area contributed by atoms with E-state index in [0.29, 0.717) is 28.4 Å². The predicted molar refractivity (Wildman–Crippen MR) is 127 cm³/mol. The lowest BCUT2D eigenvalue weighted by Gasteiger charge is -2.11. The van der Waals surface area contributed by atoms with Gasteiger partial charge in [-0.1, -0.05) is 48.8 Å². The van der Waals surface area contributed by atoms with Gasteiger partial charge in [-0.15, -0.1) is 10.2 Å². The van der Waals surface area contributed by atoms with Crippen LogP contribution in [0.15, 0.2) is 52.4 Å². The number of carbonyl (C=O) groups is 1. The molecule has 0 spiro atoms. The third-order valence-corrected chi connectivity index (χ3v) is 6.14. The number of unbranched alkanes of at least 4 members (excludes halogenated alkanes) is 1. The van der Waals surface area contributed by atoms with Crippen molar-refractivity contribution < 1.29 is 9.72 Å². The number of hydrogen-bond acceptors (Lipinski definition) is 7. The van der Waals surface area contributed by atoms with Crippen molar-refractivity contribution in [2.75, 3.05) is 11.1 Å². The van der Waals surface area contributed by atoms with E-state index in [-0.39, 0.29) is 27.7 Å². The average Bonchev–Trinajstić information content (AvgIpc) is 3.23. The highest BCUT2D eigenvalue weighted by Gasteiger charge is 2.19. The summed E-state index contributed by atoms with van der Waals surface area (Å²) in [6.45, 7) is 2.55. The number of nitro benzene ring substituents is 1. The van der Waals surface area contributed by atoms with Crippen molar-refractivity contribution in [1.29, 1.82) is 0 Å². The number of nitrogens with zero attached hydrogens (tertiary/aromatic N) is 5. The van der Waals surface area contributed by atoms with E-state index in [1.807, 2.05) is 13.0 Å². The lowest BCUT2D eigenvalue weighted by Crippen LogP contribution is -2.23. The Balaban J connectivity index is 1.64. The van der Waals surface area contributed by atoms with Crippen LogP contribution in [0.3, 0.4) is 0 Å². The molecule has 1 amide bonds. The van der Waals surface area contributed by atoms with Crippen LogP contribution in [0.5, 0.6) is 0 Å². The van der Waals surface area contributed by atoms with Gasteiger partial charge in [0.05, 0.1) is 21.6 Å². The van der Waals surface area contributed by atoms with Crippen LogP contribution in [-0.2, 0) is 11.3 Å². The molecule has 0 fully saturated rings. The van der Waals surface area contributed by atoms with Gasteiger partial charge in [0.15, 0.2) is 5.16 Å². The zero-order chi connectivity index (χ0) is 23.5. The summed E-state index contributed by atoms with van der Waals surface area (Å²) in [5.41, 5.74) is 0.273. The van der Waals surface area contributed by atoms with E-state index in [2.05, 4.69) is 15.5 Å². The highest BCUT2D eigenvalue weighted by atomic mass is 35.5. The smallest absolute Gasteiger partial charge is 0.294 e. The number of rotatable bonds is 8. The number of nitrogens with one attached hydrogen (secondary N) is 1. The summed E-state index contributed by atoms with van der Waals surface area (Å²) in [7, 11) is 0. The highest BCUT2D eigenvalue weighted by Crippen LogP contribution is 2.28. The molecule has 10 nitrogen and oxygen atoms in total. The SMILES string of the molecule is CCCCn1c(=O)c2ccccc2n2c(SCC(=O)Nc3ccc(Cl)cc3[N+](=O)[O-])nnc12. The predicted octanol–water partition coefficient (Wildman–Crippen LogP) is 4.14. The van der Waals surface area contributed by atoms with Gasteiger partial charge in [0, 0.05) is 17.6 Å². The fourth-order valence-electron chi connectivity index (χ4n) is 3.42. The lowest BCUT2D eigenvalue weighted by molar-refractivity contribution is -0.383. The van der Waals surface area contributed by atoms with E-state index < -0.39 is 10.8 Å². The van der Waals surface area contributed by atoms with E-state index >= 15 is 0 Å². The number of amides is 1. The van der Waals surface area contributed by atoms with Gasteiger partial charge in [-0.2, -0.15) is 0 Å². The molecule has 33 heavy (non-hydrogen) atoms. The van der Waals surface area contributed by atoms with E-state index in [0.717, 1.165) is 24.6 Å². The molecule has 0 saturated carbocycles. The highest BCUT2D eigenvalue weighted by molar-refractivity contribution is 7.99. The summed E-state index contributed by atoms with van der Waals surface area (Å²) < 4.78 is 3.36. The van der Waals surface area contributed by atoms with Crippen molar-refractivity contribution in [2.24, 2.45) is 0 Å². The Labute approximate surface area is 196 Å². The largest absolute Gasteiger partial charge is 0.320 e. The van der Waals surface area contributed by atoms with Gasteiger partial charge in [-0.05, 0) is 30.7 Å². The van der Waals surface area contributed by atoms with Crippen molar-refractivity contribution >= 4 is 57.3 Å². The summed E-state index contributed by atoms with van der Waals surface area (Å²) in [6.07, 6.45) is 1.73. The van der Waals surface area contributed by atoms with Crippen LogP contribution in [0.2, 0.25) is 5.02 Å². The van der Waals surface area contributed by atoms with Crippen LogP contribution in [0.1, 0.15) is 19.8 Å². The molecule has 0 radical (unpaired) electrons. The molecule has 1 N–H and O–H groups in total. The van der Waals surface area contributed by atoms with Gasteiger partial charge in [0.1, 0.15) is 5.69 Å². The molecule has 0 aliphatic carbocycles. The van der Waals surface area contributed by atoms with Crippen LogP contribution in [0.4, 0.5) is 11.4 Å². The second-order valence-electron chi connectivity index (χ2n) is 7.20. The first-order valence-corrected chi connectivity index (χ1v) is 11.5. The van der Waals surface area contributed by atoms with Crippen LogP contribution in [0.25, 0.3) is 16.7 Å². The molecule has 4 rings (SSSR count). The number of thioether (sulfide) groups is 1. The van der Waals surface area contributed by atoms with Gasteiger partial charge < -0.3 is 5.32 Å². The Morgan fingerprint density at radius 2 is 2.03 bits per heavy atom. The molecule has 2 aromatic heterocycles. The maximum Gasteiger partial charge on any atom is 0.294 e. The second-order valence-corrected chi connectivity index (χ2v) is 8.58. The molecule has 0 saturated heterocycles. The lowest BCUT2D eigenvalue weighted by atomic mass is 10.2. The van der Waals surface area contributed by atoms with Crippen molar-refractivity contribution in [1.82, 2.24) is 19.2 Å². The van der Waals surface area contributed by atoms with E-state index in [4.69, 9.17) is 11.6 Å². The zero-order valence-electron chi connectivity index (χ0n) is 17.5. The normalized spacial score (nSPS) is 11.2. The minimum Gasteiger partial charge on any atom is -0.320 e. The van der Waals surface area contributed by atoms with Crippen LogP contribution < -0.4 is 10.9 Å². The second kappa shape index (κ2) is 9.59. The van der Waals surface area contributed by atoms with Gasteiger partial charge in [-0.25, -0.2) is 0 Å². The average molecular weight is 487 g/mol. The minimum atomic E-state index is -0.609. The molecular formula is C21H19ClN6O4S. The Bertz CT molecular complexity index is 1430. The van der Waals surface area contributed by atoms with Crippen molar-refractivity contribution in [3.63, 3.8) is 0 Å². The number of fused-ring (bicyclic) bond motifs is 3. The number of anilines is 1. The number of halogens is 1. The molecule has 4 aromatic rings. The van der Waals surface area contributed by atoms with E-state index in [1.165, 1.54) is 18.2 Å². The third-order valence-electron chi connectivity index (χ3n) is 4.98. The first-order valence-electron chi connectivity index (χ1n) is 10.1. The molecule has 0 unspecified atom stereocenters. The van der Waals surface area contributed by atoms with Gasteiger partial charge in [-0.3, -0.25) is 28.7 Å². The number of benzene rings is 2. The summed E-state index contributed by atoms with van der Waals surface area (Å²) in [6, 6.07) is 11.2. The Morgan fingerprint density at radius 1 is 1.24 bits per heavy atom. The van der Waals surface area contributed by atoms with Crippen LogP contribution >= 0.6 is 23.4 Å². The summed E-state index contributed by atoms with van der Waals surface area (Å²) in [4.78, 5) is 36.2. The number of nitro groups is 1. The van der Waals surface area contributed by atoms with E-state index in [9.17, 15) is 19.7 Å². The molecule has 0 atom stereocenters. The molecule has 12 heteroatoms. The molecule has 0 aliphatic heterocycles. The fourth-order valence-corrected chi connectivity index (χ4v) is 4.33. The van der Waals surface area contributed by atoms with Crippen molar-refractivity contribution in [3.8, 4) is 0 Å². The Kier molecular flexibility index (Phi) is 6.61. The topological polar surface area (TPSA) is 124 Å². The molecular weight excluding hydrogens is 468 g/mol. The Hall–Kier alpha value is -3.44. The summed E-state index contributed by atoms with van der Waals surface area (Å²) in [5.74, 6) is -0.114. The molecule has 0 bridgehead atoms. The van der Waals surface area contributed by atoms with Crippen LogP contribution in [-0.4, -0.2) is 35.7 Å². The maximum absolute atomic E-state index is 13.0. The summed E-state index contributed by atoms with van der Waals surface area (Å²) >= 11 is 6.94. The molecule has 2 heterocycles. The minimum absolute atomic E-state index is 0.0555. The molecule has 2 aromatic carbocycles. The molecule has 170 valence electrons. The standard InChI is InChI=1S/C21H19ClN6O4S/c1-2-3-10-26-19(30)14-6-4-5-7-16(14)27-20(26)24-25-21(27)33-12-18(29)23-15-9-8-13(22)11-17(15)28(31)32/h4-9,11H,2-3,10,12H2,1H3,(H,23,29). The van der Waals surface area contributed by atoms with Crippen molar-refractivity contribution in [3.05, 3.63) is 68.0 Å². The number of para-hydroxylation sites is 1. The van der Waals surface area contributed by atoms with Crippen molar-refractivity contribution in [2.45, 2.75) is 31.5 Å². The maximum atomic E-state index is 13.0. The Morgan fingerprint density at radius 3 is 2.79 bits per heavy atom. The van der Waals surface area contributed by atoms with Gasteiger partial charge >= 0.3 is 0 Å². The first kappa shape index (κ1) is 22.7. The zero-order valence-corrected chi connectivity index (χ0v) is 19.1. The number of aryl methyl sites for hydroxylation is 1.